The van der Waals surface area contributed by atoms with E-state index in [0.717, 1.165) is 0 Å². The fourth-order valence-corrected chi connectivity index (χ4v) is 3.63. The molecule has 1 fully saturated rings. The van der Waals surface area contributed by atoms with Crippen molar-refractivity contribution in [2.24, 2.45) is 5.92 Å². The van der Waals surface area contributed by atoms with Crippen LogP contribution in [0.1, 0.15) is 37.8 Å². The number of amides is 3. The Bertz CT molecular complexity index is 960. The molecule has 0 radical (unpaired) electrons. The lowest BCUT2D eigenvalue weighted by molar-refractivity contribution is -0.136. The zero-order chi connectivity index (χ0) is 21.8. The fourth-order valence-electron chi connectivity index (χ4n) is 3.42. The molecule has 9 nitrogen and oxygen atoms in total. The molecule has 30 heavy (non-hydrogen) atoms. The molecule has 3 unspecified atom stereocenters. The van der Waals surface area contributed by atoms with Gasteiger partial charge in [-0.05, 0) is 31.9 Å². The summed E-state index contributed by atoms with van der Waals surface area (Å²) in [5.41, 5.74) is 1.33. The van der Waals surface area contributed by atoms with Crippen LogP contribution in [0, 0.1) is 12.8 Å². The molecule has 0 saturated carbocycles. The number of nitrogens with one attached hydrogen (secondary N) is 4. The van der Waals surface area contributed by atoms with Crippen LogP contribution in [-0.4, -0.2) is 33.5 Å². The van der Waals surface area contributed by atoms with E-state index in [2.05, 4.69) is 26.4 Å². The normalized spacial score (nSPS) is 21.1. The summed E-state index contributed by atoms with van der Waals surface area (Å²) in [5, 5.41) is 16.1. The van der Waals surface area contributed by atoms with Crippen molar-refractivity contribution >= 4 is 35.1 Å². The van der Waals surface area contributed by atoms with Gasteiger partial charge in [-0.15, -0.1) is 0 Å². The Morgan fingerprint density at radius 2 is 2.00 bits per heavy atom. The van der Waals surface area contributed by atoms with Gasteiger partial charge in [0.15, 0.2) is 6.29 Å². The number of rotatable bonds is 5. The highest BCUT2D eigenvalue weighted by Gasteiger charge is 2.34. The van der Waals surface area contributed by atoms with Gasteiger partial charge in [0, 0.05) is 23.7 Å². The minimum Gasteiger partial charge on any atom is -0.344 e. The van der Waals surface area contributed by atoms with Crippen molar-refractivity contribution in [1.29, 1.82) is 0 Å². The van der Waals surface area contributed by atoms with Crippen LogP contribution in [0.4, 0.5) is 5.82 Å². The average Bonchev–Trinajstić information content (AvgIpc) is 3.07. The summed E-state index contributed by atoms with van der Waals surface area (Å²) >= 11 is 6.07. The van der Waals surface area contributed by atoms with Crippen molar-refractivity contribution < 1.29 is 14.4 Å². The Balaban J connectivity index is 1.67. The van der Waals surface area contributed by atoms with E-state index in [9.17, 15) is 14.4 Å². The van der Waals surface area contributed by atoms with E-state index in [1.807, 2.05) is 13.8 Å². The molecule has 0 bridgehead atoms. The van der Waals surface area contributed by atoms with Gasteiger partial charge >= 0.3 is 11.8 Å². The van der Waals surface area contributed by atoms with Crippen LogP contribution in [-0.2, 0) is 20.9 Å². The number of hydrogen-bond donors (Lipinski definition) is 4. The van der Waals surface area contributed by atoms with Crippen molar-refractivity contribution in [1.82, 2.24) is 25.7 Å². The molecule has 0 aliphatic carbocycles. The van der Waals surface area contributed by atoms with E-state index < -0.39 is 18.1 Å². The zero-order valence-electron chi connectivity index (χ0n) is 17.0. The van der Waals surface area contributed by atoms with Gasteiger partial charge < -0.3 is 16.0 Å². The van der Waals surface area contributed by atoms with Crippen LogP contribution in [0.15, 0.2) is 30.3 Å². The summed E-state index contributed by atoms with van der Waals surface area (Å²) in [6.07, 6.45) is 0.0746. The largest absolute Gasteiger partial charge is 0.344 e. The van der Waals surface area contributed by atoms with Crippen molar-refractivity contribution in [3.8, 4) is 0 Å². The molecule has 0 spiro atoms. The van der Waals surface area contributed by atoms with Gasteiger partial charge in [-0.2, -0.15) is 5.10 Å². The van der Waals surface area contributed by atoms with E-state index in [-0.39, 0.29) is 24.4 Å². The first-order valence-electron chi connectivity index (χ1n) is 9.75. The summed E-state index contributed by atoms with van der Waals surface area (Å²) in [6, 6.07) is 8.61. The number of aryl methyl sites for hydroxylation is 1. The summed E-state index contributed by atoms with van der Waals surface area (Å²) < 4.78 is 1.45. The maximum Gasteiger partial charge on any atom is 0.314 e. The lowest BCUT2D eigenvalue weighted by Crippen LogP contribution is -2.57. The van der Waals surface area contributed by atoms with Crippen molar-refractivity contribution in [3.05, 3.63) is 46.6 Å². The van der Waals surface area contributed by atoms with Gasteiger partial charge in [0.2, 0.25) is 5.91 Å². The molecule has 3 amide bonds. The molecule has 2 heterocycles. The fraction of sp³-hybridized carbons (Fsp3) is 0.400. The highest BCUT2D eigenvalue weighted by Crippen LogP contribution is 2.21. The molecule has 2 aromatic rings. The van der Waals surface area contributed by atoms with Crippen LogP contribution < -0.4 is 21.3 Å². The smallest absolute Gasteiger partial charge is 0.314 e. The van der Waals surface area contributed by atoms with Crippen LogP contribution in [0.25, 0.3) is 0 Å². The minimum atomic E-state index is -0.843. The lowest BCUT2D eigenvalue weighted by atomic mass is 9.95. The first kappa shape index (κ1) is 21.8. The number of aromatic nitrogens is 2. The molecular formula is C20H25ClN6O3. The number of carbonyl (C=O) groups is 3. The number of nitrogens with zero attached hydrogens (tertiary/aromatic N) is 2. The number of hydrogen-bond acceptors (Lipinski definition) is 5. The standard InChI is InChI=1S/C20H25ClN6O3/c1-4-14-12(3)23-20(25-17(14)28)27-16(9-11(2)26-27)24-19(30)18(29)22-10-13-7-5-6-8-15(13)21/h5-9,12,14,20,23H,4,10H2,1-3H3,(H,22,29)(H,24,30)(H,25,28). The summed E-state index contributed by atoms with van der Waals surface area (Å²) in [6.45, 7) is 5.76. The van der Waals surface area contributed by atoms with Gasteiger partial charge in [-0.1, -0.05) is 36.7 Å². The SMILES string of the molecule is CCC1C(=O)NC(n2nc(C)cc2NC(=O)C(=O)NCc2ccccc2Cl)NC1C. The molecule has 160 valence electrons. The monoisotopic (exact) mass is 432 g/mol. The predicted octanol–water partition coefficient (Wildman–Crippen LogP) is 1.69. The molecule has 1 aliphatic rings. The number of halogens is 1. The van der Waals surface area contributed by atoms with E-state index in [0.29, 0.717) is 28.5 Å². The Labute approximate surface area is 179 Å². The number of benzene rings is 1. The van der Waals surface area contributed by atoms with Gasteiger partial charge in [0.25, 0.3) is 0 Å². The van der Waals surface area contributed by atoms with Crippen molar-refractivity contribution in [3.63, 3.8) is 0 Å². The summed E-state index contributed by atoms with van der Waals surface area (Å²) in [7, 11) is 0. The highest BCUT2D eigenvalue weighted by molar-refractivity contribution is 6.39. The Hall–Kier alpha value is -2.91. The maximum atomic E-state index is 12.4. The Morgan fingerprint density at radius 3 is 2.67 bits per heavy atom. The van der Waals surface area contributed by atoms with Crippen LogP contribution >= 0.6 is 11.6 Å². The molecule has 1 aromatic heterocycles. The first-order chi connectivity index (χ1) is 14.3. The summed E-state index contributed by atoms with van der Waals surface area (Å²) in [4.78, 5) is 37.0. The Kier molecular flexibility index (Phi) is 6.73. The lowest BCUT2D eigenvalue weighted by Gasteiger charge is -2.35. The molecule has 3 rings (SSSR count). The molecule has 1 saturated heterocycles. The maximum absolute atomic E-state index is 12.4. The molecular weight excluding hydrogens is 408 g/mol. The number of anilines is 1. The zero-order valence-corrected chi connectivity index (χ0v) is 17.8. The third kappa shape index (κ3) is 4.80. The van der Waals surface area contributed by atoms with Crippen molar-refractivity contribution in [2.75, 3.05) is 5.32 Å². The van der Waals surface area contributed by atoms with E-state index >= 15 is 0 Å². The van der Waals surface area contributed by atoms with Crippen molar-refractivity contribution in [2.45, 2.75) is 46.1 Å². The Morgan fingerprint density at radius 1 is 1.27 bits per heavy atom. The molecule has 4 N–H and O–H groups in total. The van der Waals surface area contributed by atoms with Gasteiger partial charge in [-0.25, -0.2) is 4.68 Å². The van der Waals surface area contributed by atoms with Crippen LogP contribution in [0.5, 0.6) is 0 Å². The third-order valence-corrected chi connectivity index (χ3v) is 5.40. The molecule has 10 heteroatoms. The minimum absolute atomic E-state index is 0.0688. The predicted molar refractivity (Wildman–Crippen MR) is 112 cm³/mol. The van der Waals surface area contributed by atoms with Crippen LogP contribution in [0.3, 0.4) is 0 Å². The highest BCUT2D eigenvalue weighted by atomic mass is 35.5. The quantitative estimate of drug-likeness (QED) is 0.536. The second-order valence-corrected chi connectivity index (χ2v) is 7.63. The average molecular weight is 433 g/mol. The van der Waals surface area contributed by atoms with Gasteiger partial charge in [0.1, 0.15) is 5.82 Å². The van der Waals surface area contributed by atoms with Gasteiger partial charge in [-0.3, -0.25) is 19.7 Å². The summed E-state index contributed by atoms with van der Waals surface area (Å²) in [5.74, 6) is -1.58. The first-order valence-corrected chi connectivity index (χ1v) is 10.1. The molecule has 1 aromatic carbocycles. The van der Waals surface area contributed by atoms with Gasteiger partial charge in [0.05, 0.1) is 11.6 Å². The van der Waals surface area contributed by atoms with E-state index in [1.54, 1.807) is 37.3 Å². The topological polar surface area (TPSA) is 117 Å². The van der Waals surface area contributed by atoms with Crippen LogP contribution in [0.2, 0.25) is 5.02 Å². The van der Waals surface area contributed by atoms with E-state index in [1.165, 1.54) is 4.68 Å². The second-order valence-electron chi connectivity index (χ2n) is 7.22. The number of carbonyl (C=O) groups excluding carboxylic acids is 3. The molecule has 3 atom stereocenters. The second kappa shape index (κ2) is 9.27. The molecule has 1 aliphatic heterocycles. The van der Waals surface area contributed by atoms with E-state index in [4.69, 9.17) is 11.6 Å². The third-order valence-electron chi connectivity index (χ3n) is 5.03.